The van der Waals surface area contributed by atoms with Crippen molar-refractivity contribution in [1.29, 1.82) is 0 Å². The lowest BCUT2D eigenvalue weighted by atomic mass is 9.96. The van der Waals surface area contributed by atoms with Crippen LogP contribution in [0, 0.1) is 0 Å². The second-order valence-corrected chi connectivity index (χ2v) is 13.3. The van der Waals surface area contributed by atoms with E-state index < -0.39 is 40.2 Å². The van der Waals surface area contributed by atoms with Crippen molar-refractivity contribution in [3.8, 4) is 0 Å². The smallest absolute Gasteiger partial charge is 0.239 e. The van der Waals surface area contributed by atoms with Crippen LogP contribution in [-0.4, -0.2) is 66.8 Å². The maximum Gasteiger partial charge on any atom is 0.239 e. The summed E-state index contributed by atoms with van der Waals surface area (Å²) in [6.07, 6.45) is 0.335. The predicted octanol–water partition coefficient (Wildman–Crippen LogP) is 1.06. The van der Waals surface area contributed by atoms with Gasteiger partial charge < -0.3 is 21.7 Å². The lowest BCUT2D eigenvalue weighted by molar-refractivity contribution is -0.137. The lowest BCUT2D eigenvalue weighted by Crippen LogP contribution is -2.59. The first kappa shape index (κ1) is 31.8. The molecule has 0 bridgehead atoms. The van der Waals surface area contributed by atoms with Gasteiger partial charge in [-0.05, 0) is 61.6 Å². The standard InChI is InChI=1S/C27H34ClN7O5S2/c1-15(29)32-21(12-23(30)36)26(38)34-24-9-5-18(14-35(24)25(37)13-28)27-33-20-11-17(4-8-22(20)41-27)10-16-2-6-19(7-3-16)42(31,39)40/h2-4,6-8,11,15,18,21,24,32H,5,9-10,12-14,29H2,1H3,(H2,30,36)(H,34,38)(H2,31,39,40). The predicted molar refractivity (Wildman–Crippen MR) is 161 cm³/mol. The van der Waals surface area contributed by atoms with Crippen molar-refractivity contribution in [2.45, 2.75) is 61.8 Å². The second kappa shape index (κ2) is 13.4. The van der Waals surface area contributed by atoms with Crippen molar-refractivity contribution < 1.29 is 22.8 Å². The molecule has 0 aliphatic carbocycles. The number of thiazole rings is 1. The number of piperidine rings is 1. The highest BCUT2D eigenvalue weighted by atomic mass is 35.5. The molecule has 1 aliphatic heterocycles. The Labute approximate surface area is 253 Å². The van der Waals surface area contributed by atoms with Gasteiger partial charge in [0.25, 0.3) is 0 Å². The number of carbonyl (C=O) groups is 3. The molecule has 2 heterocycles. The highest BCUT2D eigenvalue weighted by molar-refractivity contribution is 7.89. The average Bonchev–Trinajstić information content (AvgIpc) is 3.35. The molecular weight excluding hydrogens is 602 g/mol. The van der Waals surface area contributed by atoms with E-state index in [0.717, 1.165) is 26.4 Å². The van der Waals surface area contributed by atoms with Gasteiger partial charge in [0.1, 0.15) is 12.0 Å². The molecule has 12 nitrogen and oxygen atoms in total. The van der Waals surface area contributed by atoms with E-state index in [9.17, 15) is 22.8 Å². The molecule has 8 N–H and O–H groups in total. The van der Waals surface area contributed by atoms with Gasteiger partial charge in [0.2, 0.25) is 27.7 Å². The number of carbonyl (C=O) groups excluding carboxylic acids is 3. The summed E-state index contributed by atoms with van der Waals surface area (Å²) in [6, 6.07) is 11.5. The number of aromatic nitrogens is 1. The van der Waals surface area contributed by atoms with Gasteiger partial charge in [-0.25, -0.2) is 18.5 Å². The Morgan fingerprint density at radius 3 is 2.45 bits per heavy atom. The number of nitrogens with zero attached hydrogens (tertiary/aromatic N) is 2. The first-order chi connectivity index (χ1) is 19.8. The Morgan fingerprint density at radius 1 is 1.14 bits per heavy atom. The average molecular weight is 636 g/mol. The maximum atomic E-state index is 13.0. The monoisotopic (exact) mass is 635 g/mol. The van der Waals surface area contributed by atoms with Crippen molar-refractivity contribution in [2.75, 3.05) is 12.4 Å². The van der Waals surface area contributed by atoms with Gasteiger partial charge in [-0.3, -0.25) is 19.7 Å². The minimum Gasteiger partial charge on any atom is -0.370 e. The van der Waals surface area contributed by atoms with Crippen LogP contribution in [0.4, 0.5) is 0 Å². The molecule has 1 aliphatic rings. The molecule has 1 saturated heterocycles. The summed E-state index contributed by atoms with van der Waals surface area (Å²) >= 11 is 7.47. The topological polar surface area (TPSA) is 204 Å². The van der Waals surface area contributed by atoms with Gasteiger partial charge in [0.15, 0.2) is 0 Å². The lowest BCUT2D eigenvalue weighted by Gasteiger charge is -2.39. The van der Waals surface area contributed by atoms with Crippen LogP contribution < -0.4 is 27.2 Å². The molecule has 42 heavy (non-hydrogen) atoms. The normalized spacial score (nSPS) is 18.9. The van der Waals surface area contributed by atoms with Crippen molar-refractivity contribution in [3.63, 3.8) is 0 Å². The van der Waals surface area contributed by atoms with E-state index in [1.54, 1.807) is 35.3 Å². The first-order valence-electron chi connectivity index (χ1n) is 13.3. The van der Waals surface area contributed by atoms with Crippen molar-refractivity contribution in [3.05, 3.63) is 58.6 Å². The quantitative estimate of drug-likeness (QED) is 0.152. The number of amides is 3. The Balaban J connectivity index is 1.47. The fraction of sp³-hybridized carbons (Fsp3) is 0.407. The number of primary sulfonamides is 1. The van der Waals surface area contributed by atoms with E-state index >= 15 is 0 Å². The Kier molecular flexibility index (Phi) is 10.2. The van der Waals surface area contributed by atoms with Gasteiger partial charge in [-0.1, -0.05) is 18.2 Å². The molecule has 3 aromatic rings. The summed E-state index contributed by atoms with van der Waals surface area (Å²) in [7, 11) is -3.75. The molecular formula is C27H34ClN7O5S2. The van der Waals surface area contributed by atoms with Gasteiger partial charge >= 0.3 is 0 Å². The number of nitrogens with one attached hydrogen (secondary N) is 2. The summed E-state index contributed by atoms with van der Waals surface area (Å²) in [6.45, 7) is 1.96. The minimum absolute atomic E-state index is 0.0551. The minimum atomic E-state index is -3.75. The number of primary amides is 1. The summed E-state index contributed by atoms with van der Waals surface area (Å²) < 4.78 is 24.0. The molecule has 0 radical (unpaired) electrons. The van der Waals surface area contributed by atoms with Crippen molar-refractivity contribution in [1.82, 2.24) is 20.5 Å². The molecule has 2 aromatic carbocycles. The zero-order chi connectivity index (χ0) is 30.6. The zero-order valence-corrected chi connectivity index (χ0v) is 25.3. The van der Waals surface area contributed by atoms with Crippen LogP contribution in [-0.2, 0) is 30.8 Å². The fourth-order valence-corrected chi connectivity index (χ4v) is 6.74. The molecule has 0 spiro atoms. The third kappa shape index (κ3) is 8.02. The van der Waals surface area contributed by atoms with Gasteiger partial charge in [-0.15, -0.1) is 22.9 Å². The Hall–Kier alpha value is -3.14. The van der Waals surface area contributed by atoms with Crippen molar-refractivity contribution in [2.24, 2.45) is 16.6 Å². The summed E-state index contributed by atoms with van der Waals surface area (Å²) in [4.78, 5) is 43.8. The third-order valence-electron chi connectivity index (χ3n) is 6.99. The second-order valence-electron chi connectivity index (χ2n) is 10.4. The Morgan fingerprint density at radius 2 is 1.83 bits per heavy atom. The van der Waals surface area contributed by atoms with Crippen LogP contribution in [0.5, 0.6) is 0 Å². The number of hydrogen-bond acceptors (Lipinski definition) is 9. The number of sulfonamides is 1. The van der Waals surface area contributed by atoms with Crippen LogP contribution in [0.25, 0.3) is 10.2 Å². The molecule has 4 unspecified atom stereocenters. The van der Waals surface area contributed by atoms with Gasteiger partial charge in [0.05, 0.1) is 38.7 Å². The highest BCUT2D eigenvalue weighted by Gasteiger charge is 2.35. The zero-order valence-electron chi connectivity index (χ0n) is 23.0. The molecule has 3 amide bonds. The largest absolute Gasteiger partial charge is 0.370 e. The van der Waals surface area contributed by atoms with E-state index in [1.165, 1.54) is 12.1 Å². The van der Waals surface area contributed by atoms with Crippen molar-refractivity contribution >= 4 is 60.9 Å². The number of halogens is 1. The number of rotatable bonds is 11. The number of hydrogen-bond donors (Lipinski definition) is 5. The number of fused-ring (bicyclic) bond motifs is 1. The van der Waals surface area contributed by atoms with Crippen LogP contribution in [0.3, 0.4) is 0 Å². The van der Waals surface area contributed by atoms with E-state index in [-0.39, 0.29) is 29.0 Å². The van der Waals surface area contributed by atoms with Gasteiger partial charge in [-0.2, -0.15) is 0 Å². The van der Waals surface area contributed by atoms with Crippen LogP contribution in [0.2, 0.25) is 0 Å². The van der Waals surface area contributed by atoms with Crippen LogP contribution in [0.15, 0.2) is 47.4 Å². The van der Waals surface area contributed by atoms with E-state index in [0.29, 0.717) is 25.8 Å². The summed E-state index contributed by atoms with van der Waals surface area (Å²) in [5.41, 5.74) is 13.8. The number of likely N-dealkylation sites (tertiary alicyclic amines) is 1. The van der Waals surface area contributed by atoms with E-state index in [1.807, 2.05) is 18.2 Å². The number of nitrogens with two attached hydrogens (primary N) is 3. The maximum absolute atomic E-state index is 13.0. The Bertz CT molecular complexity index is 1560. The first-order valence-corrected chi connectivity index (χ1v) is 16.2. The van der Waals surface area contributed by atoms with Gasteiger partial charge in [0, 0.05) is 12.5 Å². The summed E-state index contributed by atoms with van der Waals surface area (Å²) in [5.74, 6) is -1.76. The molecule has 4 atom stereocenters. The highest BCUT2D eigenvalue weighted by Crippen LogP contribution is 2.35. The summed E-state index contributed by atoms with van der Waals surface area (Å²) in [5, 5.41) is 11.8. The van der Waals surface area contributed by atoms with Crippen LogP contribution in [0.1, 0.15) is 48.2 Å². The van der Waals surface area contributed by atoms with Crippen LogP contribution >= 0.6 is 22.9 Å². The number of benzene rings is 2. The molecule has 1 aromatic heterocycles. The number of alkyl halides is 1. The van der Waals surface area contributed by atoms with E-state index in [4.69, 9.17) is 33.2 Å². The molecule has 0 saturated carbocycles. The SMILES string of the molecule is CC(N)NC(CC(N)=O)C(=O)NC1CCC(c2nc3cc(Cc4ccc(S(N)(=O)=O)cc4)ccc3s2)CN1C(=O)CCl. The molecule has 226 valence electrons. The molecule has 4 rings (SSSR count). The third-order valence-corrected chi connectivity index (χ3v) is 9.35. The fourth-order valence-electron chi connectivity index (χ4n) is 4.99. The van der Waals surface area contributed by atoms with E-state index in [2.05, 4.69) is 10.6 Å². The molecule has 1 fully saturated rings. The molecule has 15 heteroatoms.